The first-order valence-corrected chi connectivity index (χ1v) is 2.87. The number of hydrogen-bond acceptors (Lipinski definition) is 4. The minimum absolute atomic E-state index is 0.105. The Kier molecular flexibility index (Phi) is 1.82. The second-order valence-electron chi connectivity index (χ2n) is 1.59. The van der Waals surface area contributed by atoms with E-state index in [9.17, 15) is 9.59 Å². The van der Waals surface area contributed by atoms with E-state index in [1.54, 1.807) is 0 Å². The van der Waals surface area contributed by atoms with Crippen molar-refractivity contribution in [2.45, 2.75) is 0 Å². The lowest BCUT2D eigenvalue weighted by Gasteiger charge is -1.97. The molecule has 1 heterocycles. The summed E-state index contributed by atoms with van der Waals surface area (Å²) < 4.78 is 0. The fourth-order valence-corrected chi connectivity index (χ4v) is 0.661. The molecule has 0 amide bonds. The van der Waals surface area contributed by atoms with E-state index in [-0.39, 0.29) is 10.6 Å². The maximum absolute atomic E-state index is 10.8. The van der Waals surface area contributed by atoms with Gasteiger partial charge in [-0.2, -0.15) is 0 Å². The van der Waals surface area contributed by atoms with Crippen LogP contribution in [0, 0.1) is 0 Å². The summed E-state index contributed by atoms with van der Waals surface area (Å²) in [5.74, 6) is -0.521. The molecule has 4 heteroatoms. The number of thiocarbonyl (C=S) groups is 1. The summed E-state index contributed by atoms with van der Waals surface area (Å²) in [7, 11) is 0. The molecule has 0 saturated heterocycles. The average molecular weight is 152 g/mol. The minimum Gasteiger partial charge on any atom is -0.286 e. The molecule has 3 nitrogen and oxygen atoms in total. The van der Waals surface area contributed by atoms with Gasteiger partial charge in [-0.3, -0.25) is 9.59 Å². The number of Topliss-reactive ketones (excluding diaryl/α,β-unsaturated/α-hetero) is 1. The highest BCUT2D eigenvalue weighted by Crippen LogP contribution is 1.95. The first-order chi connectivity index (χ1) is 4.75. The molecule has 0 unspecified atom stereocenters. The topological polar surface area (TPSA) is 46.5 Å². The highest BCUT2D eigenvalue weighted by atomic mass is 32.1. The number of hydrogen-bond donors (Lipinski definition) is 0. The molecule has 1 radical (unpaired) electrons. The lowest BCUT2D eigenvalue weighted by Crippen LogP contribution is -2.24. The predicted molar refractivity (Wildman–Crippen MR) is 39.9 cm³/mol. The maximum atomic E-state index is 10.8. The van der Waals surface area contributed by atoms with Crippen molar-refractivity contribution in [1.82, 2.24) is 0 Å². The summed E-state index contributed by atoms with van der Waals surface area (Å²) in [6.07, 6.45) is 4.08. The summed E-state index contributed by atoms with van der Waals surface area (Å²) in [6, 6.07) is 0. The zero-order valence-corrected chi connectivity index (χ0v) is 5.64. The number of ketones is 1. The van der Waals surface area contributed by atoms with E-state index < -0.39 is 5.78 Å². The first kappa shape index (κ1) is 6.95. The summed E-state index contributed by atoms with van der Waals surface area (Å²) in [4.78, 5) is 24.3. The lowest BCUT2D eigenvalue weighted by molar-refractivity contribution is -0.107. The second-order valence-corrected chi connectivity index (χ2v) is 2.03. The van der Waals surface area contributed by atoms with Crippen LogP contribution >= 0.6 is 12.2 Å². The van der Waals surface area contributed by atoms with Gasteiger partial charge in [0, 0.05) is 6.20 Å². The van der Waals surface area contributed by atoms with Crippen LogP contribution in [-0.4, -0.2) is 22.6 Å². The van der Waals surface area contributed by atoms with Crippen molar-refractivity contribution < 1.29 is 9.59 Å². The SMILES string of the molecule is O=[C]C1=NC=CC(=S)C1=O. The molecule has 0 bridgehead atoms. The van der Waals surface area contributed by atoms with Crippen molar-refractivity contribution in [1.29, 1.82) is 0 Å². The molecular formula is C6H2NO2S. The van der Waals surface area contributed by atoms with Gasteiger partial charge in [-0.05, 0) is 6.08 Å². The van der Waals surface area contributed by atoms with E-state index in [0.29, 0.717) is 0 Å². The molecule has 0 aliphatic carbocycles. The van der Waals surface area contributed by atoms with E-state index in [1.165, 1.54) is 18.6 Å². The van der Waals surface area contributed by atoms with Crippen LogP contribution in [0.15, 0.2) is 17.3 Å². The highest BCUT2D eigenvalue weighted by molar-refractivity contribution is 7.82. The van der Waals surface area contributed by atoms with Crippen LogP contribution in [0.3, 0.4) is 0 Å². The van der Waals surface area contributed by atoms with Gasteiger partial charge in [0.15, 0.2) is 5.71 Å². The third kappa shape index (κ3) is 1.06. The van der Waals surface area contributed by atoms with Crippen molar-refractivity contribution in [2.75, 3.05) is 0 Å². The van der Waals surface area contributed by atoms with E-state index >= 15 is 0 Å². The molecule has 0 fully saturated rings. The van der Waals surface area contributed by atoms with E-state index in [2.05, 4.69) is 17.2 Å². The summed E-state index contributed by atoms with van der Waals surface area (Å²) in [6.45, 7) is 0. The van der Waals surface area contributed by atoms with Gasteiger partial charge in [0.05, 0.1) is 4.86 Å². The molecular weight excluding hydrogens is 150 g/mol. The largest absolute Gasteiger partial charge is 0.286 e. The highest BCUT2D eigenvalue weighted by Gasteiger charge is 2.16. The third-order valence-corrected chi connectivity index (χ3v) is 1.29. The van der Waals surface area contributed by atoms with Gasteiger partial charge in [0.1, 0.15) is 0 Å². The van der Waals surface area contributed by atoms with Crippen LogP contribution in [0.25, 0.3) is 0 Å². The Morgan fingerprint density at radius 2 is 2.30 bits per heavy atom. The Morgan fingerprint density at radius 3 is 2.80 bits per heavy atom. The molecule has 1 aliphatic rings. The van der Waals surface area contributed by atoms with E-state index in [4.69, 9.17) is 0 Å². The molecule has 0 aromatic rings. The van der Waals surface area contributed by atoms with Gasteiger partial charge in [0.25, 0.3) is 6.29 Å². The van der Waals surface area contributed by atoms with Crippen molar-refractivity contribution in [2.24, 2.45) is 4.99 Å². The van der Waals surface area contributed by atoms with Crippen molar-refractivity contribution in [3.63, 3.8) is 0 Å². The van der Waals surface area contributed by atoms with Crippen molar-refractivity contribution in [3.8, 4) is 0 Å². The van der Waals surface area contributed by atoms with Crippen molar-refractivity contribution in [3.05, 3.63) is 12.3 Å². The smallest absolute Gasteiger partial charge is 0.257 e. The van der Waals surface area contributed by atoms with Crippen molar-refractivity contribution >= 4 is 34.9 Å². The third-order valence-electron chi connectivity index (χ3n) is 0.965. The number of rotatable bonds is 1. The Bertz CT molecular complexity index is 265. The molecule has 0 atom stereocenters. The molecule has 0 N–H and O–H groups in total. The second kappa shape index (κ2) is 2.62. The molecule has 0 saturated carbocycles. The van der Waals surface area contributed by atoms with Crippen LogP contribution in [-0.2, 0) is 9.59 Å². The standard InChI is InChI=1S/C6H2NO2S/c8-3-4-6(9)5(10)1-2-7-4/h1-2H. The Balaban J connectivity index is 3.03. The van der Waals surface area contributed by atoms with Gasteiger partial charge in [0.2, 0.25) is 5.78 Å². The van der Waals surface area contributed by atoms with Crippen LogP contribution in [0.4, 0.5) is 0 Å². The van der Waals surface area contributed by atoms with E-state index in [1.807, 2.05) is 0 Å². The Morgan fingerprint density at radius 1 is 1.60 bits per heavy atom. The molecule has 0 aromatic heterocycles. The molecule has 10 heavy (non-hydrogen) atoms. The summed E-state index contributed by atoms with van der Waals surface area (Å²) in [5.41, 5.74) is -0.243. The molecule has 49 valence electrons. The maximum Gasteiger partial charge on any atom is 0.257 e. The van der Waals surface area contributed by atoms with Crippen LogP contribution in [0.2, 0.25) is 0 Å². The molecule has 1 rings (SSSR count). The number of allylic oxidation sites excluding steroid dienone is 1. The monoisotopic (exact) mass is 152 g/mol. The number of carbonyl (C=O) groups is 1. The number of aliphatic imine (C=N–C) groups is 1. The Labute approximate surface area is 62.4 Å². The normalized spacial score (nSPS) is 17.0. The zero-order chi connectivity index (χ0) is 7.56. The van der Waals surface area contributed by atoms with Gasteiger partial charge < -0.3 is 0 Å². The van der Waals surface area contributed by atoms with Gasteiger partial charge in [-0.15, -0.1) is 0 Å². The van der Waals surface area contributed by atoms with E-state index in [0.717, 1.165) is 0 Å². The van der Waals surface area contributed by atoms with Gasteiger partial charge in [-0.25, -0.2) is 4.99 Å². The minimum atomic E-state index is -0.521. The fraction of sp³-hybridized carbons (Fsp3) is 0. The zero-order valence-electron chi connectivity index (χ0n) is 4.83. The summed E-state index contributed by atoms with van der Waals surface area (Å²) in [5, 5.41) is 0. The Hall–Kier alpha value is -1.16. The fourth-order valence-electron chi connectivity index (χ4n) is 0.503. The van der Waals surface area contributed by atoms with Crippen LogP contribution < -0.4 is 0 Å². The quantitative estimate of drug-likeness (QED) is 0.497. The van der Waals surface area contributed by atoms with Gasteiger partial charge >= 0.3 is 0 Å². The number of nitrogens with zero attached hydrogens (tertiary/aromatic N) is 1. The number of carbonyl (C=O) groups excluding carboxylic acids is 2. The molecule has 0 aromatic carbocycles. The molecule has 0 spiro atoms. The average Bonchev–Trinajstić information content (AvgIpc) is 1.95. The first-order valence-electron chi connectivity index (χ1n) is 2.47. The van der Waals surface area contributed by atoms with Gasteiger partial charge in [-0.1, -0.05) is 12.2 Å². The molecule has 1 aliphatic heterocycles. The summed E-state index contributed by atoms with van der Waals surface area (Å²) >= 11 is 4.58. The predicted octanol–water partition coefficient (Wildman–Crippen LogP) is 0.00340. The lowest BCUT2D eigenvalue weighted by atomic mass is 10.1. The van der Waals surface area contributed by atoms with Crippen LogP contribution in [0.1, 0.15) is 0 Å². The van der Waals surface area contributed by atoms with Crippen LogP contribution in [0.5, 0.6) is 0 Å².